The van der Waals surface area contributed by atoms with Crippen LogP contribution in [-0.4, -0.2) is 19.9 Å². The average Bonchev–Trinajstić information content (AvgIpc) is 2.73. The molecule has 0 aliphatic carbocycles. The number of benzene rings is 3. The molecule has 0 atom stereocenters. The van der Waals surface area contributed by atoms with E-state index < -0.39 is 0 Å². The monoisotopic (exact) mass is 338 g/mol. The number of aromatic nitrogens is 4. The molecular weight excluding hydrogens is 320 g/mol. The van der Waals surface area contributed by atoms with Crippen molar-refractivity contribution in [2.45, 2.75) is 0 Å². The Hall–Kier alpha value is -3.66. The van der Waals surface area contributed by atoms with E-state index in [1.165, 1.54) is 0 Å². The number of aromatic amines is 4. The third-order valence-corrected chi connectivity index (χ3v) is 4.61. The highest BCUT2D eigenvalue weighted by Crippen LogP contribution is 2.24. The van der Waals surface area contributed by atoms with Gasteiger partial charge in [-0.25, -0.2) is 0 Å². The highest BCUT2D eigenvalue weighted by atomic mass is 14.8. The van der Waals surface area contributed by atoms with Gasteiger partial charge in [-0.1, -0.05) is 60.7 Å². The van der Waals surface area contributed by atoms with Crippen molar-refractivity contribution in [3.05, 3.63) is 85.2 Å². The van der Waals surface area contributed by atoms with Gasteiger partial charge in [0.2, 0.25) is 0 Å². The minimum Gasteiger partial charge on any atom is -0.358 e. The standard InChI is InChI=1S/C22H18N4/c1-3-7-15(8-4-1)21-13-23-17-12-20-18(11-19(17)25-21)24-14-22(26-20)16-9-5-2-6-10-16/h1-14,23-26H. The fourth-order valence-corrected chi connectivity index (χ4v) is 3.25. The zero-order valence-electron chi connectivity index (χ0n) is 14.1. The van der Waals surface area contributed by atoms with Crippen molar-refractivity contribution in [3.63, 3.8) is 0 Å². The van der Waals surface area contributed by atoms with Crippen molar-refractivity contribution in [1.82, 2.24) is 19.9 Å². The maximum atomic E-state index is 3.52. The molecule has 5 aromatic rings. The first-order chi connectivity index (χ1) is 12.9. The Balaban J connectivity index is 1.65. The molecule has 0 fully saturated rings. The van der Waals surface area contributed by atoms with Gasteiger partial charge in [-0.3, -0.25) is 0 Å². The van der Waals surface area contributed by atoms with E-state index >= 15 is 0 Å². The van der Waals surface area contributed by atoms with E-state index in [-0.39, 0.29) is 0 Å². The van der Waals surface area contributed by atoms with Gasteiger partial charge >= 0.3 is 0 Å². The van der Waals surface area contributed by atoms with Crippen molar-refractivity contribution in [2.24, 2.45) is 0 Å². The van der Waals surface area contributed by atoms with Crippen LogP contribution >= 0.6 is 0 Å². The lowest BCUT2D eigenvalue weighted by molar-refractivity contribution is 1.27. The molecule has 2 aromatic heterocycles. The first-order valence-electron chi connectivity index (χ1n) is 8.63. The van der Waals surface area contributed by atoms with Crippen LogP contribution in [-0.2, 0) is 0 Å². The van der Waals surface area contributed by atoms with Gasteiger partial charge in [-0.05, 0) is 23.3 Å². The Kier molecular flexibility index (Phi) is 3.39. The number of hydrogen-bond donors (Lipinski definition) is 4. The molecule has 0 aliphatic heterocycles. The Labute approximate surface area is 150 Å². The van der Waals surface area contributed by atoms with Gasteiger partial charge in [-0.15, -0.1) is 0 Å². The molecule has 2 heterocycles. The summed E-state index contributed by atoms with van der Waals surface area (Å²) in [6.07, 6.45) is 4.02. The molecule has 5 rings (SSSR count). The lowest BCUT2D eigenvalue weighted by Crippen LogP contribution is -1.92. The topological polar surface area (TPSA) is 63.2 Å². The summed E-state index contributed by atoms with van der Waals surface area (Å²) in [5.74, 6) is 0. The van der Waals surface area contributed by atoms with Crippen LogP contribution in [0.2, 0.25) is 0 Å². The lowest BCUT2D eigenvalue weighted by atomic mass is 10.1. The highest BCUT2D eigenvalue weighted by Gasteiger charge is 2.04. The maximum absolute atomic E-state index is 3.52. The first-order valence-corrected chi connectivity index (χ1v) is 8.63. The predicted octanol–water partition coefficient (Wildman–Crippen LogP) is 5.76. The average molecular weight is 338 g/mol. The number of fused-ring (bicyclic) bond motifs is 2. The van der Waals surface area contributed by atoms with Crippen LogP contribution in [0.15, 0.2) is 85.2 Å². The Morgan fingerprint density at radius 1 is 0.462 bits per heavy atom. The molecule has 0 saturated heterocycles. The summed E-state index contributed by atoms with van der Waals surface area (Å²) >= 11 is 0. The van der Waals surface area contributed by atoms with Crippen LogP contribution in [0.1, 0.15) is 0 Å². The van der Waals surface area contributed by atoms with Crippen molar-refractivity contribution >= 4 is 22.1 Å². The van der Waals surface area contributed by atoms with Gasteiger partial charge in [0.1, 0.15) is 0 Å². The normalized spacial score (nSPS) is 11.1. The minimum absolute atomic E-state index is 1.05. The molecule has 4 nitrogen and oxygen atoms in total. The highest BCUT2D eigenvalue weighted by molar-refractivity contribution is 5.92. The molecule has 0 radical (unpaired) electrons. The summed E-state index contributed by atoms with van der Waals surface area (Å²) in [6.45, 7) is 0. The predicted molar refractivity (Wildman–Crippen MR) is 107 cm³/mol. The van der Waals surface area contributed by atoms with Crippen LogP contribution in [0, 0.1) is 0 Å². The second kappa shape index (κ2) is 6.01. The van der Waals surface area contributed by atoms with E-state index in [0.717, 1.165) is 44.6 Å². The van der Waals surface area contributed by atoms with E-state index in [1.807, 2.05) is 48.8 Å². The second-order valence-corrected chi connectivity index (χ2v) is 6.33. The second-order valence-electron chi connectivity index (χ2n) is 6.33. The summed E-state index contributed by atoms with van der Waals surface area (Å²) in [7, 11) is 0. The first kappa shape index (κ1) is 14.7. The zero-order chi connectivity index (χ0) is 17.3. The molecule has 0 aliphatic rings. The van der Waals surface area contributed by atoms with Crippen LogP contribution in [0.25, 0.3) is 44.6 Å². The van der Waals surface area contributed by atoms with Crippen molar-refractivity contribution in [3.8, 4) is 22.5 Å². The molecule has 26 heavy (non-hydrogen) atoms. The van der Waals surface area contributed by atoms with E-state index in [9.17, 15) is 0 Å². The molecular formula is C22H18N4. The number of rotatable bonds is 2. The van der Waals surface area contributed by atoms with Crippen LogP contribution in [0.4, 0.5) is 0 Å². The largest absolute Gasteiger partial charge is 0.358 e. The summed E-state index contributed by atoms with van der Waals surface area (Å²) in [5.41, 5.74) is 8.62. The molecule has 126 valence electrons. The van der Waals surface area contributed by atoms with E-state index in [4.69, 9.17) is 0 Å². The molecule has 0 spiro atoms. The summed E-state index contributed by atoms with van der Waals surface area (Å²) < 4.78 is 0. The number of hydrogen-bond acceptors (Lipinski definition) is 0. The van der Waals surface area contributed by atoms with Gasteiger partial charge < -0.3 is 19.9 Å². The Morgan fingerprint density at radius 2 is 0.885 bits per heavy atom. The molecule has 4 heteroatoms. The Bertz CT molecular complexity index is 1120. The smallest absolute Gasteiger partial charge is 0.0646 e. The fraction of sp³-hybridized carbons (Fsp3) is 0. The third-order valence-electron chi connectivity index (χ3n) is 4.61. The quantitative estimate of drug-likeness (QED) is 0.296. The van der Waals surface area contributed by atoms with Crippen molar-refractivity contribution in [2.75, 3.05) is 0 Å². The Morgan fingerprint density at radius 3 is 1.31 bits per heavy atom. The van der Waals surface area contributed by atoms with Crippen molar-refractivity contribution < 1.29 is 0 Å². The molecule has 3 aromatic carbocycles. The van der Waals surface area contributed by atoms with Crippen LogP contribution in [0.5, 0.6) is 0 Å². The zero-order valence-corrected chi connectivity index (χ0v) is 14.1. The molecule has 0 bridgehead atoms. The maximum Gasteiger partial charge on any atom is 0.0646 e. The van der Waals surface area contributed by atoms with E-state index in [2.05, 4.69) is 56.3 Å². The van der Waals surface area contributed by atoms with E-state index in [0.29, 0.717) is 0 Å². The van der Waals surface area contributed by atoms with Crippen LogP contribution < -0.4 is 0 Å². The minimum atomic E-state index is 1.05. The molecule has 4 N–H and O–H groups in total. The van der Waals surface area contributed by atoms with Crippen LogP contribution in [0.3, 0.4) is 0 Å². The van der Waals surface area contributed by atoms with Gasteiger partial charge in [0.05, 0.1) is 33.5 Å². The van der Waals surface area contributed by atoms with Gasteiger partial charge in [0.15, 0.2) is 0 Å². The summed E-state index contributed by atoms with van der Waals surface area (Å²) in [5, 5.41) is 0. The fourth-order valence-electron chi connectivity index (χ4n) is 3.25. The molecule has 0 saturated carbocycles. The molecule has 0 unspecified atom stereocenters. The van der Waals surface area contributed by atoms with Gasteiger partial charge in [-0.2, -0.15) is 0 Å². The van der Waals surface area contributed by atoms with E-state index in [1.54, 1.807) is 0 Å². The SMILES string of the molecule is c1ccc(-c2c[nH]c3cc4[nH]c(-c5ccccc5)c[nH]c4cc3[nH]2)cc1. The molecule has 0 amide bonds. The lowest BCUT2D eigenvalue weighted by Gasteiger charge is -2.09. The number of H-pyrrole nitrogens is 4. The van der Waals surface area contributed by atoms with Gasteiger partial charge in [0.25, 0.3) is 0 Å². The number of nitrogens with one attached hydrogen (secondary N) is 4. The summed E-state index contributed by atoms with van der Waals surface area (Å²) in [4.78, 5) is 13.8. The van der Waals surface area contributed by atoms with Crippen molar-refractivity contribution in [1.29, 1.82) is 0 Å². The third kappa shape index (κ3) is 2.58. The summed E-state index contributed by atoms with van der Waals surface area (Å²) in [6, 6.07) is 24.9. The van der Waals surface area contributed by atoms with Gasteiger partial charge in [0, 0.05) is 12.4 Å².